The van der Waals surface area contributed by atoms with Crippen molar-refractivity contribution in [1.29, 1.82) is 0 Å². The Balaban J connectivity index is 1.53. The Labute approximate surface area is 188 Å². The number of halogens is 1. The zero-order chi connectivity index (χ0) is 23.5. The van der Waals surface area contributed by atoms with Gasteiger partial charge in [-0.05, 0) is 69.4 Å². The monoisotopic (exact) mass is 464 g/mol. The molecule has 1 saturated heterocycles. The smallest absolute Gasteiger partial charge is 0.410 e. The van der Waals surface area contributed by atoms with E-state index >= 15 is 0 Å². The Bertz CT molecular complexity index is 1060. The van der Waals surface area contributed by atoms with Crippen molar-refractivity contribution in [3.63, 3.8) is 0 Å². The SMILES string of the molecule is CC(C)(C)OC(=O)N1CCC(c2ccc(COc3ccc(S(C)(=O)=O)cc3F)nc2)CC1. The second-order valence-electron chi connectivity index (χ2n) is 8.98. The molecule has 0 unspecified atom stereocenters. The number of carbonyl (C=O) groups is 1. The average molecular weight is 465 g/mol. The fraction of sp³-hybridized carbons (Fsp3) is 0.478. The van der Waals surface area contributed by atoms with E-state index in [1.165, 1.54) is 12.1 Å². The van der Waals surface area contributed by atoms with Gasteiger partial charge < -0.3 is 14.4 Å². The summed E-state index contributed by atoms with van der Waals surface area (Å²) in [4.78, 5) is 18.3. The zero-order valence-electron chi connectivity index (χ0n) is 18.8. The van der Waals surface area contributed by atoms with E-state index in [1.807, 2.05) is 32.9 Å². The summed E-state index contributed by atoms with van der Waals surface area (Å²) in [5.74, 6) is -0.462. The van der Waals surface area contributed by atoms with Crippen LogP contribution in [-0.2, 0) is 21.2 Å². The summed E-state index contributed by atoms with van der Waals surface area (Å²) in [6.07, 6.45) is 4.19. The number of rotatable bonds is 5. The lowest BCUT2D eigenvalue weighted by Crippen LogP contribution is -2.41. The minimum atomic E-state index is -3.48. The van der Waals surface area contributed by atoms with Gasteiger partial charge >= 0.3 is 6.09 Å². The van der Waals surface area contributed by atoms with E-state index in [0.717, 1.165) is 30.7 Å². The fourth-order valence-corrected chi connectivity index (χ4v) is 4.10. The highest BCUT2D eigenvalue weighted by molar-refractivity contribution is 7.90. The molecule has 0 saturated carbocycles. The number of amides is 1. The highest BCUT2D eigenvalue weighted by Crippen LogP contribution is 2.29. The molecule has 0 atom stereocenters. The molecule has 1 aliphatic heterocycles. The molecule has 1 amide bonds. The fourth-order valence-electron chi connectivity index (χ4n) is 3.47. The van der Waals surface area contributed by atoms with Crippen LogP contribution in [0, 0.1) is 5.82 Å². The van der Waals surface area contributed by atoms with Gasteiger partial charge in [-0.15, -0.1) is 0 Å². The van der Waals surface area contributed by atoms with E-state index in [0.29, 0.717) is 24.7 Å². The largest absolute Gasteiger partial charge is 0.484 e. The quantitative estimate of drug-likeness (QED) is 0.655. The molecule has 2 aromatic rings. The van der Waals surface area contributed by atoms with Crippen LogP contribution in [0.5, 0.6) is 5.75 Å². The molecule has 7 nitrogen and oxygen atoms in total. The van der Waals surface area contributed by atoms with Crippen molar-refractivity contribution < 1.29 is 27.1 Å². The van der Waals surface area contributed by atoms with Crippen molar-refractivity contribution in [2.45, 2.75) is 56.6 Å². The minimum absolute atomic E-state index is 0.0298. The second kappa shape index (κ2) is 9.44. The lowest BCUT2D eigenvalue weighted by molar-refractivity contribution is 0.0204. The van der Waals surface area contributed by atoms with E-state index in [9.17, 15) is 17.6 Å². The summed E-state index contributed by atoms with van der Waals surface area (Å²) in [6, 6.07) is 7.37. The van der Waals surface area contributed by atoms with Gasteiger partial charge in [-0.25, -0.2) is 17.6 Å². The number of hydrogen-bond donors (Lipinski definition) is 0. The summed E-state index contributed by atoms with van der Waals surface area (Å²) >= 11 is 0. The number of piperidine rings is 1. The molecule has 32 heavy (non-hydrogen) atoms. The van der Waals surface area contributed by atoms with Gasteiger partial charge in [0.15, 0.2) is 21.4 Å². The van der Waals surface area contributed by atoms with Crippen LogP contribution in [0.15, 0.2) is 41.4 Å². The van der Waals surface area contributed by atoms with Crippen molar-refractivity contribution >= 4 is 15.9 Å². The third kappa shape index (κ3) is 6.41. The molecule has 0 N–H and O–H groups in total. The maximum Gasteiger partial charge on any atom is 0.410 e. The van der Waals surface area contributed by atoms with Crippen LogP contribution in [0.4, 0.5) is 9.18 Å². The van der Waals surface area contributed by atoms with Crippen molar-refractivity contribution in [2.75, 3.05) is 19.3 Å². The number of nitrogens with zero attached hydrogens (tertiary/aromatic N) is 2. The summed E-state index contributed by atoms with van der Waals surface area (Å²) in [7, 11) is -3.48. The number of carbonyl (C=O) groups excluding carboxylic acids is 1. The maximum absolute atomic E-state index is 14.1. The predicted molar refractivity (Wildman–Crippen MR) is 118 cm³/mol. The van der Waals surface area contributed by atoms with Gasteiger partial charge in [0.25, 0.3) is 0 Å². The van der Waals surface area contributed by atoms with E-state index in [1.54, 1.807) is 11.1 Å². The molecule has 9 heteroatoms. The second-order valence-corrected chi connectivity index (χ2v) is 11.0. The summed E-state index contributed by atoms with van der Waals surface area (Å²) < 4.78 is 48.0. The molecule has 0 spiro atoms. The average Bonchev–Trinajstić information content (AvgIpc) is 2.71. The van der Waals surface area contributed by atoms with Crippen molar-refractivity contribution in [1.82, 2.24) is 9.88 Å². The molecule has 1 aromatic heterocycles. The van der Waals surface area contributed by atoms with E-state index in [2.05, 4.69) is 4.98 Å². The molecule has 0 radical (unpaired) electrons. The molecule has 174 valence electrons. The molecule has 0 aliphatic carbocycles. The van der Waals surface area contributed by atoms with Gasteiger partial charge in [0.05, 0.1) is 10.6 Å². The predicted octanol–water partition coefficient (Wildman–Crippen LogP) is 4.32. The molecule has 2 heterocycles. The van der Waals surface area contributed by atoms with E-state index < -0.39 is 21.3 Å². The topological polar surface area (TPSA) is 85.8 Å². The number of benzene rings is 1. The minimum Gasteiger partial charge on any atom is -0.484 e. The van der Waals surface area contributed by atoms with Crippen LogP contribution in [0.25, 0.3) is 0 Å². The number of sulfone groups is 1. The maximum atomic E-state index is 14.1. The van der Waals surface area contributed by atoms with Gasteiger partial charge in [-0.1, -0.05) is 6.07 Å². The third-order valence-corrected chi connectivity index (χ3v) is 6.28. The number of hydrogen-bond acceptors (Lipinski definition) is 6. The standard InChI is InChI=1S/C23H29FN2O5S/c1-23(2,3)31-22(27)26-11-9-16(10-12-26)17-5-6-18(25-14-17)15-30-21-8-7-19(13-20(21)24)32(4,28)29/h5-8,13-14,16H,9-12,15H2,1-4H3. The first-order valence-corrected chi connectivity index (χ1v) is 12.4. The summed E-state index contributed by atoms with van der Waals surface area (Å²) in [5, 5.41) is 0. The molecule has 1 aliphatic rings. The normalized spacial score (nSPS) is 15.5. The number of aromatic nitrogens is 1. The van der Waals surface area contributed by atoms with Crippen LogP contribution in [0.1, 0.15) is 50.8 Å². The van der Waals surface area contributed by atoms with Crippen LogP contribution in [0.2, 0.25) is 0 Å². The number of ether oxygens (including phenoxy) is 2. The van der Waals surface area contributed by atoms with E-state index in [4.69, 9.17) is 9.47 Å². The van der Waals surface area contributed by atoms with Gasteiger partial charge in [0.2, 0.25) is 0 Å². The van der Waals surface area contributed by atoms with Crippen LogP contribution in [0.3, 0.4) is 0 Å². The van der Waals surface area contributed by atoms with E-state index in [-0.39, 0.29) is 23.3 Å². The molecule has 3 rings (SSSR count). The Kier molecular flexibility index (Phi) is 7.07. The molecule has 0 bridgehead atoms. The van der Waals surface area contributed by atoms with Crippen molar-refractivity contribution in [3.8, 4) is 5.75 Å². The van der Waals surface area contributed by atoms with Crippen molar-refractivity contribution in [2.24, 2.45) is 0 Å². The number of pyridine rings is 1. The third-order valence-electron chi connectivity index (χ3n) is 5.17. The Morgan fingerprint density at radius 2 is 1.88 bits per heavy atom. The Morgan fingerprint density at radius 3 is 2.41 bits per heavy atom. The highest BCUT2D eigenvalue weighted by Gasteiger charge is 2.27. The van der Waals surface area contributed by atoms with Gasteiger partial charge in [-0.3, -0.25) is 4.98 Å². The molecular weight excluding hydrogens is 435 g/mol. The molecular formula is C23H29FN2O5S. The Morgan fingerprint density at radius 1 is 1.19 bits per heavy atom. The first-order valence-electron chi connectivity index (χ1n) is 10.5. The van der Waals surface area contributed by atoms with Crippen LogP contribution >= 0.6 is 0 Å². The van der Waals surface area contributed by atoms with Crippen LogP contribution < -0.4 is 4.74 Å². The Hall–Kier alpha value is -2.68. The first-order chi connectivity index (χ1) is 14.9. The van der Waals surface area contributed by atoms with Gasteiger partial charge in [0, 0.05) is 25.5 Å². The number of likely N-dealkylation sites (tertiary alicyclic amines) is 1. The van der Waals surface area contributed by atoms with Gasteiger partial charge in [0.1, 0.15) is 12.2 Å². The summed E-state index contributed by atoms with van der Waals surface area (Å²) in [6.45, 7) is 6.89. The lowest BCUT2D eigenvalue weighted by atomic mass is 9.90. The molecule has 1 fully saturated rings. The highest BCUT2D eigenvalue weighted by atomic mass is 32.2. The summed E-state index contributed by atoms with van der Waals surface area (Å²) in [5.41, 5.74) is 1.21. The van der Waals surface area contributed by atoms with Crippen molar-refractivity contribution in [3.05, 3.63) is 53.6 Å². The lowest BCUT2D eigenvalue weighted by Gasteiger charge is -2.33. The van der Waals surface area contributed by atoms with Gasteiger partial charge in [-0.2, -0.15) is 0 Å². The first kappa shape index (κ1) is 24.0. The van der Waals surface area contributed by atoms with Crippen LogP contribution in [-0.4, -0.2) is 49.3 Å². The zero-order valence-corrected chi connectivity index (χ0v) is 19.6. The molecule has 1 aromatic carbocycles.